The maximum Gasteiger partial charge on any atom is 0.131 e. The van der Waals surface area contributed by atoms with Gasteiger partial charge >= 0.3 is 0 Å². The summed E-state index contributed by atoms with van der Waals surface area (Å²) in [7, 11) is 0. The maximum absolute atomic E-state index is 13.9. The smallest absolute Gasteiger partial charge is 0.131 e. The average molecular weight is 242 g/mol. The quantitative estimate of drug-likeness (QED) is 0.652. The van der Waals surface area contributed by atoms with Crippen LogP contribution < -0.4 is 0 Å². The van der Waals surface area contributed by atoms with Crippen molar-refractivity contribution >= 4 is 0 Å². The molecule has 0 bridgehead atoms. The minimum absolute atomic E-state index is 0.0349. The van der Waals surface area contributed by atoms with Crippen LogP contribution in [0.1, 0.15) is 31.9 Å². The zero-order valence-electron chi connectivity index (χ0n) is 11.4. The van der Waals surface area contributed by atoms with Gasteiger partial charge in [-0.15, -0.1) is 0 Å². The number of hydrogen-bond acceptors (Lipinski definition) is 0. The molecule has 0 saturated carbocycles. The summed E-state index contributed by atoms with van der Waals surface area (Å²) in [6, 6.07) is 13.4. The van der Waals surface area contributed by atoms with Crippen molar-refractivity contribution < 1.29 is 4.39 Å². The molecule has 0 atom stereocenters. The zero-order chi connectivity index (χ0) is 13.3. The van der Waals surface area contributed by atoms with Crippen LogP contribution in [0.4, 0.5) is 4.39 Å². The first-order valence-corrected chi connectivity index (χ1v) is 6.25. The van der Waals surface area contributed by atoms with Crippen molar-refractivity contribution in [3.05, 3.63) is 59.4 Å². The number of rotatable bonds is 1. The van der Waals surface area contributed by atoms with Crippen LogP contribution in [0.15, 0.2) is 42.5 Å². The second-order valence-corrected chi connectivity index (χ2v) is 5.81. The van der Waals surface area contributed by atoms with Crippen LogP contribution in [-0.4, -0.2) is 0 Å². The molecule has 2 rings (SSSR count). The predicted molar refractivity (Wildman–Crippen MR) is 75.3 cm³/mol. The van der Waals surface area contributed by atoms with E-state index in [1.54, 1.807) is 6.07 Å². The first-order chi connectivity index (χ1) is 8.38. The lowest BCUT2D eigenvalue weighted by atomic mass is 9.85. The SMILES string of the molecule is Cc1ccc(-c2cc(C(C)(C)C)ccc2F)cc1. The topological polar surface area (TPSA) is 0 Å². The van der Waals surface area contributed by atoms with E-state index in [2.05, 4.69) is 20.8 Å². The van der Waals surface area contributed by atoms with Crippen LogP contribution in [0, 0.1) is 12.7 Å². The molecule has 0 unspecified atom stereocenters. The van der Waals surface area contributed by atoms with Crippen molar-refractivity contribution in [3.63, 3.8) is 0 Å². The van der Waals surface area contributed by atoms with Crippen molar-refractivity contribution in [3.8, 4) is 11.1 Å². The van der Waals surface area contributed by atoms with Gasteiger partial charge in [0.1, 0.15) is 5.82 Å². The van der Waals surface area contributed by atoms with Gasteiger partial charge in [-0.25, -0.2) is 4.39 Å². The Kier molecular flexibility index (Phi) is 3.25. The molecular weight excluding hydrogens is 223 g/mol. The van der Waals surface area contributed by atoms with Gasteiger partial charge < -0.3 is 0 Å². The van der Waals surface area contributed by atoms with Gasteiger partial charge in [-0.3, -0.25) is 0 Å². The Labute approximate surface area is 108 Å². The van der Waals surface area contributed by atoms with Crippen molar-refractivity contribution in [2.24, 2.45) is 0 Å². The van der Waals surface area contributed by atoms with Gasteiger partial charge in [0.05, 0.1) is 0 Å². The zero-order valence-corrected chi connectivity index (χ0v) is 11.4. The molecule has 0 nitrogen and oxygen atoms in total. The van der Waals surface area contributed by atoms with Crippen LogP contribution in [0.25, 0.3) is 11.1 Å². The number of halogens is 1. The molecule has 0 aliphatic carbocycles. The largest absolute Gasteiger partial charge is 0.206 e. The molecule has 0 spiro atoms. The van der Waals surface area contributed by atoms with Gasteiger partial charge in [0, 0.05) is 5.56 Å². The molecule has 0 N–H and O–H groups in total. The molecule has 0 heterocycles. The van der Waals surface area contributed by atoms with Crippen molar-refractivity contribution in [2.45, 2.75) is 33.1 Å². The van der Waals surface area contributed by atoms with Crippen molar-refractivity contribution in [1.82, 2.24) is 0 Å². The summed E-state index contributed by atoms with van der Waals surface area (Å²) < 4.78 is 13.9. The molecule has 18 heavy (non-hydrogen) atoms. The third kappa shape index (κ3) is 2.61. The van der Waals surface area contributed by atoms with E-state index < -0.39 is 0 Å². The van der Waals surface area contributed by atoms with E-state index in [-0.39, 0.29) is 11.2 Å². The fourth-order valence-electron chi connectivity index (χ4n) is 1.95. The van der Waals surface area contributed by atoms with Crippen LogP contribution >= 0.6 is 0 Å². The van der Waals surface area contributed by atoms with E-state index in [4.69, 9.17) is 0 Å². The molecule has 0 aromatic heterocycles. The summed E-state index contributed by atoms with van der Waals surface area (Å²) in [6.07, 6.45) is 0. The molecule has 2 aromatic carbocycles. The van der Waals surface area contributed by atoms with E-state index in [1.807, 2.05) is 43.3 Å². The molecule has 1 heteroatoms. The van der Waals surface area contributed by atoms with E-state index in [1.165, 1.54) is 5.56 Å². The standard InChI is InChI=1S/C17H19F/c1-12-5-7-13(8-6-12)15-11-14(17(2,3)4)9-10-16(15)18/h5-11H,1-4H3. The summed E-state index contributed by atoms with van der Waals surface area (Å²) in [5, 5.41) is 0. The molecule has 0 saturated heterocycles. The molecular formula is C17H19F. The van der Waals surface area contributed by atoms with Gasteiger partial charge in [0.25, 0.3) is 0 Å². The highest BCUT2D eigenvalue weighted by Crippen LogP contribution is 2.29. The normalized spacial score (nSPS) is 11.6. The second kappa shape index (κ2) is 4.56. The molecule has 2 aromatic rings. The fraction of sp³-hybridized carbons (Fsp3) is 0.294. The number of benzene rings is 2. The summed E-state index contributed by atoms with van der Waals surface area (Å²) in [4.78, 5) is 0. The number of hydrogen-bond donors (Lipinski definition) is 0. The lowest BCUT2D eigenvalue weighted by molar-refractivity contribution is 0.584. The van der Waals surface area contributed by atoms with Crippen LogP contribution in [-0.2, 0) is 5.41 Å². The number of aryl methyl sites for hydroxylation is 1. The summed E-state index contributed by atoms with van der Waals surface area (Å²) in [5.41, 5.74) is 3.99. The van der Waals surface area contributed by atoms with E-state index in [0.29, 0.717) is 5.56 Å². The van der Waals surface area contributed by atoms with E-state index in [0.717, 1.165) is 11.1 Å². The highest BCUT2D eigenvalue weighted by Gasteiger charge is 2.16. The maximum atomic E-state index is 13.9. The van der Waals surface area contributed by atoms with E-state index >= 15 is 0 Å². The van der Waals surface area contributed by atoms with Gasteiger partial charge in [-0.05, 0) is 35.6 Å². The van der Waals surface area contributed by atoms with Gasteiger partial charge in [0.2, 0.25) is 0 Å². The highest BCUT2D eigenvalue weighted by molar-refractivity contribution is 5.65. The average Bonchev–Trinajstić information content (AvgIpc) is 2.29. The molecule has 0 radical (unpaired) electrons. The molecule has 0 aliphatic rings. The Morgan fingerprint density at radius 1 is 0.889 bits per heavy atom. The Bertz CT molecular complexity index is 545. The Morgan fingerprint density at radius 3 is 2.06 bits per heavy atom. The summed E-state index contributed by atoms with van der Waals surface area (Å²) >= 11 is 0. The Morgan fingerprint density at radius 2 is 1.50 bits per heavy atom. The first kappa shape index (κ1) is 12.8. The fourth-order valence-corrected chi connectivity index (χ4v) is 1.95. The lowest BCUT2D eigenvalue weighted by Crippen LogP contribution is -2.11. The molecule has 0 fully saturated rings. The lowest BCUT2D eigenvalue weighted by Gasteiger charge is -2.20. The van der Waals surface area contributed by atoms with Crippen molar-refractivity contribution in [1.29, 1.82) is 0 Å². The van der Waals surface area contributed by atoms with Crippen LogP contribution in [0.3, 0.4) is 0 Å². The monoisotopic (exact) mass is 242 g/mol. The summed E-state index contributed by atoms with van der Waals surface area (Å²) in [6.45, 7) is 8.45. The van der Waals surface area contributed by atoms with Gasteiger partial charge in [-0.1, -0.05) is 56.7 Å². The van der Waals surface area contributed by atoms with Gasteiger partial charge in [0.15, 0.2) is 0 Å². The van der Waals surface area contributed by atoms with E-state index in [9.17, 15) is 4.39 Å². The van der Waals surface area contributed by atoms with Crippen LogP contribution in [0.2, 0.25) is 0 Å². The Hall–Kier alpha value is -1.63. The minimum Gasteiger partial charge on any atom is -0.206 e. The third-order valence-electron chi connectivity index (χ3n) is 3.19. The molecule has 0 amide bonds. The molecule has 0 aliphatic heterocycles. The van der Waals surface area contributed by atoms with Crippen molar-refractivity contribution in [2.75, 3.05) is 0 Å². The third-order valence-corrected chi connectivity index (χ3v) is 3.19. The first-order valence-electron chi connectivity index (χ1n) is 6.25. The highest BCUT2D eigenvalue weighted by atomic mass is 19.1. The van der Waals surface area contributed by atoms with Gasteiger partial charge in [-0.2, -0.15) is 0 Å². The van der Waals surface area contributed by atoms with Crippen LogP contribution in [0.5, 0.6) is 0 Å². The minimum atomic E-state index is -0.160. The Balaban J connectivity index is 2.53. The predicted octanol–water partition coefficient (Wildman–Crippen LogP) is 5.10. The summed E-state index contributed by atoms with van der Waals surface area (Å²) in [5.74, 6) is -0.160. The second-order valence-electron chi connectivity index (χ2n) is 5.81. The molecule has 94 valence electrons.